The molecule has 0 radical (unpaired) electrons. The van der Waals surface area contributed by atoms with E-state index in [9.17, 15) is 14.4 Å². The maximum Gasteiger partial charge on any atom is 0.336 e. The van der Waals surface area contributed by atoms with Crippen LogP contribution in [-0.2, 0) is 4.79 Å². The van der Waals surface area contributed by atoms with Crippen LogP contribution in [0.5, 0.6) is 0 Å². The summed E-state index contributed by atoms with van der Waals surface area (Å²) in [6, 6.07) is 6.10. The maximum atomic E-state index is 11.9. The predicted molar refractivity (Wildman–Crippen MR) is 89.1 cm³/mol. The Bertz CT molecular complexity index is 774. The van der Waals surface area contributed by atoms with Crippen LogP contribution >= 0.6 is 11.8 Å². The number of urea groups is 1. The molecule has 0 aliphatic rings. The molecule has 23 heavy (non-hydrogen) atoms. The molecule has 0 bridgehead atoms. The van der Waals surface area contributed by atoms with E-state index in [1.807, 2.05) is 6.26 Å². The van der Waals surface area contributed by atoms with Crippen molar-refractivity contribution in [1.29, 1.82) is 0 Å². The molecule has 1 aromatic heterocycles. The van der Waals surface area contributed by atoms with E-state index in [0.29, 0.717) is 28.8 Å². The lowest BCUT2D eigenvalue weighted by Gasteiger charge is -2.14. The summed E-state index contributed by atoms with van der Waals surface area (Å²) >= 11 is 1.51. The van der Waals surface area contributed by atoms with E-state index in [-0.39, 0.29) is 0 Å². The highest BCUT2D eigenvalue weighted by Crippen LogP contribution is 2.17. The van der Waals surface area contributed by atoms with Gasteiger partial charge in [-0.1, -0.05) is 0 Å². The number of rotatable bonds is 6. The molecule has 0 aliphatic heterocycles. The van der Waals surface area contributed by atoms with Gasteiger partial charge in [-0.15, -0.1) is 0 Å². The first-order valence-corrected chi connectivity index (χ1v) is 8.22. The van der Waals surface area contributed by atoms with Crippen molar-refractivity contribution in [3.8, 4) is 0 Å². The van der Waals surface area contributed by atoms with Gasteiger partial charge in [0.25, 0.3) is 0 Å². The molecular weight excluding hydrogens is 320 g/mol. The van der Waals surface area contributed by atoms with Gasteiger partial charge >= 0.3 is 17.6 Å². The molecule has 2 amide bonds. The highest BCUT2D eigenvalue weighted by molar-refractivity contribution is 7.98. The lowest BCUT2D eigenvalue weighted by atomic mass is 10.2. The van der Waals surface area contributed by atoms with Gasteiger partial charge in [0.2, 0.25) is 0 Å². The third-order valence-corrected chi connectivity index (χ3v) is 3.74. The second kappa shape index (κ2) is 7.68. The highest BCUT2D eigenvalue weighted by Gasteiger charge is 2.19. The Balaban J connectivity index is 2.05. The first-order chi connectivity index (χ1) is 11.0. The molecule has 8 heteroatoms. The van der Waals surface area contributed by atoms with Crippen molar-refractivity contribution in [1.82, 2.24) is 5.32 Å². The lowest BCUT2D eigenvalue weighted by molar-refractivity contribution is -0.139. The molecule has 1 aromatic carbocycles. The summed E-state index contributed by atoms with van der Waals surface area (Å²) in [4.78, 5) is 34.1. The van der Waals surface area contributed by atoms with Crippen LogP contribution in [0.3, 0.4) is 0 Å². The van der Waals surface area contributed by atoms with Gasteiger partial charge in [0.05, 0.1) is 0 Å². The number of anilines is 1. The van der Waals surface area contributed by atoms with Gasteiger partial charge in [0.15, 0.2) is 0 Å². The number of hydrogen-bond acceptors (Lipinski definition) is 5. The summed E-state index contributed by atoms with van der Waals surface area (Å²) in [5.41, 5.74) is 0.429. The highest BCUT2D eigenvalue weighted by atomic mass is 32.2. The Morgan fingerprint density at radius 2 is 2.09 bits per heavy atom. The fourth-order valence-electron chi connectivity index (χ4n) is 1.97. The van der Waals surface area contributed by atoms with Crippen LogP contribution in [0.25, 0.3) is 11.0 Å². The van der Waals surface area contributed by atoms with Gasteiger partial charge in [-0.25, -0.2) is 14.4 Å². The summed E-state index contributed by atoms with van der Waals surface area (Å²) in [5.74, 6) is -0.443. The van der Waals surface area contributed by atoms with Crippen molar-refractivity contribution >= 4 is 40.4 Å². The largest absolute Gasteiger partial charge is 0.480 e. The Morgan fingerprint density at radius 1 is 1.30 bits per heavy atom. The summed E-state index contributed by atoms with van der Waals surface area (Å²) in [6.45, 7) is 0. The van der Waals surface area contributed by atoms with Gasteiger partial charge in [-0.2, -0.15) is 11.8 Å². The van der Waals surface area contributed by atoms with Crippen molar-refractivity contribution in [2.24, 2.45) is 0 Å². The number of aliphatic carboxylic acids is 1. The number of carbonyl (C=O) groups is 2. The minimum absolute atomic E-state index is 0.340. The van der Waals surface area contributed by atoms with Crippen LogP contribution in [0.15, 0.2) is 39.5 Å². The fraction of sp³-hybridized carbons (Fsp3) is 0.267. The summed E-state index contributed by atoms with van der Waals surface area (Å²) in [5, 5.41) is 14.7. The average molecular weight is 336 g/mol. The van der Waals surface area contributed by atoms with Crippen molar-refractivity contribution < 1.29 is 19.1 Å². The van der Waals surface area contributed by atoms with Gasteiger partial charge in [0.1, 0.15) is 11.6 Å². The number of carboxylic acid groups (broad SMARTS) is 1. The number of fused-ring (bicyclic) bond motifs is 1. The Hall–Kier alpha value is -2.48. The lowest BCUT2D eigenvalue weighted by Crippen LogP contribution is -2.43. The first kappa shape index (κ1) is 16.9. The molecule has 1 unspecified atom stereocenters. The zero-order valence-corrected chi connectivity index (χ0v) is 13.2. The van der Waals surface area contributed by atoms with Crippen LogP contribution in [0, 0.1) is 0 Å². The predicted octanol–water partition coefficient (Wildman–Crippen LogP) is 2.12. The van der Waals surface area contributed by atoms with Crippen LogP contribution in [0.4, 0.5) is 10.5 Å². The van der Waals surface area contributed by atoms with Crippen molar-refractivity contribution in [2.75, 3.05) is 17.3 Å². The molecule has 2 aromatic rings. The van der Waals surface area contributed by atoms with Gasteiger partial charge in [-0.3, -0.25) is 0 Å². The van der Waals surface area contributed by atoms with Gasteiger partial charge in [-0.05, 0) is 42.7 Å². The molecule has 1 atom stereocenters. The quantitative estimate of drug-likeness (QED) is 0.697. The van der Waals surface area contributed by atoms with Crippen molar-refractivity contribution in [2.45, 2.75) is 12.5 Å². The number of nitrogens with one attached hydrogen (secondary N) is 2. The number of carbonyl (C=O) groups excluding carboxylic acids is 1. The smallest absolute Gasteiger partial charge is 0.336 e. The van der Waals surface area contributed by atoms with Gasteiger partial charge < -0.3 is 20.2 Å². The van der Waals surface area contributed by atoms with Crippen molar-refractivity contribution in [3.05, 3.63) is 40.8 Å². The summed E-state index contributed by atoms with van der Waals surface area (Å²) in [6.07, 6.45) is 2.21. The minimum Gasteiger partial charge on any atom is -0.480 e. The van der Waals surface area contributed by atoms with Crippen LogP contribution in [0.1, 0.15) is 6.42 Å². The number of carboxylic acids is 1. The second-order valence-corrected chi connectivity index (χ2v) is 5.76. The summed E-state index contributed by atoms with van der Waals surface area (Å²) < 4.78 is 5.00. The van der Waals surface area contributed by atoms with Crippen LogP contribution in [-0.4, -0.2) is 35.2 Å². The second-order valence-electron chi connectivity index (χ2n) is 4.78. The molecule has 3 N–H and O–H groups in total. The molecule has 2 rings (SSSR count). The average Bonchev–Trinajstić information content (AvgIpc) is 2.51. The molecule has 7 nitrogen and oxygen atoms in total. The fourth-order valence-corrected chi connectivity index (χ4v) is 2.44. The molecule has 0 saturated heterocycles. The third kappa shape index (κ3) is 4.75. The van der Waals surface area contributed by atoms with Crippen molar-refractivity contribution in [3.63, 3.8) is 0 Å². The molecule has 0 saturated carbocycles. The summed E-state index contributed by atoms with van der Waals surface area (Å²) in [7, 11) is 0. The molecule has 0 aliphatic carbocycles. The van der Waals surface area contributed by atoms with E-state index in [1.54, 1.807) is 24.3 Å². The van der Waals surface area contributed by atoms with E-state index < -0.39 is 23.7 Å². The number of benzene rings is 1. The van der Waals surface area contributed by atoms with E-state index in [2.05, 4.69) is 10.6 Å². The molecule has 0 spiro atoms. The van der Waals surface area contributed by atoms with Crippen LogP contribution in [0.2, 0.25) is 0 Å². The zero-order valence-electron chi connectivity index (χ0n) is 12.4. The maximum absolute atomic E-state index is 11.9. The van der Waals surface area contributed by atoms with E-state index in [1.165, 1.54) is 17.8 Å². The molecule has 0 fully saturated rings. The Labute approximate surface area is 136 Å². The van der Waals surface area contributed by atoms with Gasteiger partial charge in [0, 0.05) is 17.1 Å². The number of thioether (sulfide) groups is 1. The molecule has 1 heterocycles. The number of hydrogen-bond donors (Lipinski definition) is 3. The zero-order chi connectivity index (χ0) is 16.8. The van der Waals surface area contributed by atoms with E-state index in [4.69, 9.17) is 9.52 Å². The van der Waals surface area contributed by atoms with Crippen LogP contribution < -0.4 is 16.3 Å². The van der Waals surface area contributed by atoms with E-state index in [0.717, 1.165) is 0 Å². The Kier molecular flexibility index (Phi) is 5.64. The molecule has 122 valence electrons. The Morgan fingerprint density at radius 3 is 2.78 bits per heavy atom. The van der Waals surface area contributed by atoms with E-state index >= 15 is 0 Å². The molecular formula is C15H16N2O5S. The monoisotopic (exact) mass is 336 g/mol. The first-order valence-electron chi connectivity index (χ1n) is 6.83. The topological polar surface area (TPSA) is 109 Å². The third-order valence-electron chi connectivity index (χ3n) is 3.09. The normalized spacial score (nSPS) is 11.9. The standard InChI is InChI=1S/C15H16N2O5S/c1-23-7-6-11(14(19)20)17-15(21)16-10-3-4-12-9(8-10)2-5-13(18)22-12/h2-5,8,11H,6-7H2,1H3,(H,19,20)(H2,16,17,21). The SMILES string of the molecule is CSCCC(NC(=O)Nc1ccc2oc(=O)ccc2c1)C(=O)O. The minimum atomic E-state index is -1.07. The number of amides is 2.